The van der Waals surface area contributed by atoms with Crippen LogP contribution in [0.4, 0.5) is 0 Å². The summed E-state index contributed by atoms with van der Waals surface area (Å²) in [5, 5.41) is 7.24. The Morgan fingerprint density at radius 1 is 1.56 bits per heavy atom. The number of aromatic amines is 1. The Hall–Kier alpha value is -0.680. The van der Waals surface area contributed by atoms with Crippen LogP contribution in [0.15, 0.2) is 0 Å². The number of rotatable bonds is 5. The normalized spacial score (nSPS) is 16.3. The van der Waals surface area contributed by atoms with Crippen molar-refractivity contribution < 1.29 is 0 Å². The molecule has 1 fully saturated rings. The first-order valence-corrected chi connectivity index (χ1v) is 6.35. The van der Waals surface area contributed by atoms with Crippen molar-refractivity contribution in [2.45, 2.75) is 45.2 Å². The molecule has 4 nitrogen and oxygen atoms in total. The molecule has 2 rings (SSSR count). The second-order valence-corrected chi connectivity index (χ2v) is 5.27. The molecule has 0 saturated heterocycles. The van der Waals surface area contributed by atoms with Crippen LogP contribution in [0, 0.1) is 4.77 Å². The molecule has 16 heavy (non-hydrogen) atoms. The van der Waals surface area contributed by atoms with Crippen molar-refractivity contribution >= 4 is 12.2 Å². The first-order valence-electron chi connectivity index (χ1n) is 5.95. The fraction of sp³-hybridized carbons (Fsp3) is 0.818. The van der Waals surface area contributed by atoms with Crippen molar-refractivity contribution in [1.29, 1.82) is 0 Å². The van der Waals surface area contributed by atoms with Gasteiger partial charge in [0, 0.05) is 25.0 Å². The first kappa shape index (κ1) is 11.8. The number of likely N-dealkylation sites (N-methyl/N-ethyl adjacent to an activating group) is 1. The number of H-pyrrole nitrogens is 1. The lowest BCUT2D eigenvalue weighted by atomic mass is 10.3. The van der Waals surface area contributed by atoms with Gasteiger partial charge in [-0.05, 0) is 46.0 Å². The highest BCUT2D eigenvalue weighted by molar-refractivity contribution is 7.71. The van der Waals surface area contributed by atoms with Gasteiger partial charge in [-0.2, -0.15) is 5.10 Å². The van der Waals surface area contributed by atoms with E-state index in [0.29, 0.717) is 12.0 Å². The Bertz CT molecular complexity index is 402. The Morgan fingerprint density at radius 3 is 2.81 bits per heavy atom. The topological polar surface area (TPSA) is 36.9 Å². The fourth-order valence-corrected chi connectivity index (χ4v) is 1.95. The van der Waals surface area contributed by atoms with Gasteiger partial charge in [-0.1, -0.05) is 0 Å². The summed E-state index contributed by atoms with van der Waals surface area (Å²) < 4.78 is 2.92. The molecule has 1 N–H and O–H groups in total. The zero-order chi connectivity index (χ0) is 11.7. The number of hydrogen-bond acceptors (Lipinski definition) is 3. The predicted molar refractivity (Wildman–Crippen MR) is 67.2 cm³/mol. The molecule has 90 valence electrons. The molecular weight excluding hydrogens is 220 g/mol. The lowest BCUT2D eigenvalue weighted by Gasteiger charge is -2.21. The summed E-state index contributed by atoms with van der Waals surface area (Å²) in [6, 6.07) is 0.574. The van der Waals surface area contributed by atoms with Crippen molar-refractivity contribution in [3.63, 3.8) is 0 Å². The summed E-state index contributed by atoms with van der Waals surface area (Å²) in [7, 11) is 2.14. The van der Waals surface area contributed by atoms with E-state index in [1.54, 1.807) is 0 Å². The zero-order valence-electron chi connectivity index (χ0n) is 10.2. The van der Waals surface area contributed by atoms with Crippen molar-refractivity contribution in [2.24, 2.45) is 0 Å². The van der Waals surface area contributed by atoms with E-state index in [4.69, 9.17) is 12.2 Å². The molecule has 0 atom stereocenters. The fourth-order valence-electron chi connectivity index (χ4n) is 1.72. The van der Waals surface area contributed by atoms with Gasteiger partial charge < -0.3 is 9.47 Å². The van der Waals surface area contributed by atoms with E-state index in [2.05, 4.69) is 40.6 Å². The van der Waals surface area contributed by atoms with E-state index in [9.17, 15) is 0 Å². The van der Waals surface area contributed by atoms with Crippen LogP contribution in [0.1, 0.15) is 38.4 Å². The summed E-state index contributed by atoms with van der Waals surface area (Å²) in [6.07, 6.45) is 2.53. The first-order chi connectivity index (χ1) is 7.59. The summed E-state index contributed by atoms with van der Waals surface area (Å²) in [6.45, 7) is 6.37. The minimum atomic E-state index is 0.574. The Morgan fingerprint density at radius 2 is 2.25 bits per heavy atom. The molecule has 1 aromatic heterocycles. The van der Waals surface area contributed by atoms with Crippen LogP contribution in [-0.4, -0.2) is 39.3 Å². The molecule has 0 aromatic carbocycles. The maximum absolute atomic E-state index is 5.26. The average molecular weight is 240 g/mol. The molecule has 0 spiro atoms. The van der Waals surface area contributed by atoms with Crippen molar-refractivity contribution in [1.82, 2.24) is 19.7 Å². The highest BCUT2D eigenvalue weighted by atomic mass is 32.1. The molecule has 0 amide bonds. The molecule has 0 bridgehead atoms. The van der Waals surface area contributed by atoms with E-state index >= 15 is 0 Å². The van der Waals surface area contributed by atoms with Crippen LogP contribution in [0.2, 0.25) is 0 Å². The number of nitrogens with one attached hydrogen (secondary N) is 1. The maximum atomic E-state index is 5.26. The van der Waals surface area contributed by atoms with Gasteiger partial charge in [-0.15, -0.1) is 0 Å². The van der Waals surface area contributed by atoms with Crippen LogP contribution in [-0.2, 0) is 6.54 Å². The van der Waals surface area contributed by atoms with E-state index in [-0.39, 0.29) is 0 Å². The summed E-state index contributed by atoms with van der Waals surface area (Å²) in [4.78, 5) is 2.32. The van der Waals surface area contributed by atoms with Gasteiger partial charge >= 0.3 is 0 Å². The monoisotopic (exact) mass is 240 g/mol. The quantitative estimate of drug-likeness (QED) is 0.801. The Kier molecular flexibility index (Phi) is 3.44. The number of aromatic nitrogens is 3. The van der Waals surface area contributed by atoms with E-state index in [0.717, 1.165) is 23.7 Å². The van der Waals surface area contributed by atoms with Crippen LogP contribution >= 0.6 is 12.2 Å². The van der Waals surface area contributed by atoms with Crippen molar-refractivity contribution in [3.05, 3.63) is 10.6 Å². The smallest absolute Gasteiger partial charge is 0.195 e. The van der Waals surface area contributed by atoms with Gasteiger partial charge in [0.05, 0.1) is 0 Å². The minimum absolute atomic E-state index is 0.574. The van der Waals surface area contributed by atoms with Crippen LogP contribution in [0.25, 0.3) is 0 Å². The maximum Gasteiger partial charge on any atom is 0.195 e. The third-order valence-corrected chi connectivity index (χ3v) is 3.60. The summed E-state index contributed by atoms with van der Waals surface area (Å²) in [5.74, 6) is 1.81. The van der Waals surface area contributed by atoms with E-state index in [1.807, 2.05) is 0 Å². The van der Waals surface area contributed by atoms with E-state index in [1.165, 1.54) is 12.8 Å². The van der Waals surface area contributed by atoms with Crippen molar-refractivity contribution in [2.75, 3.05) is 13.6 Å². The highest BCUT2D eigenvalue weighted by Gasteiger charge is 2.28. The minimum Gasteiger partial charge on any atom is -0.303 e. The lowest BCUT2D eigenvalue weighted by Crippen LogP contribution is -2.30. The van der Waals surface area contributed by atoms with Gasteiger partial charge in [0.25, 0.3) is 0 Å². The largest absolute Gasteiger partial charge is 0.303 e. The summed E-state index contributed by atoms with van der Waals surface area (Å²) >= 11 is 5.26. The SMILES string of the molecule is CC(C)N(C)CCn1c(C2CC2)n[nH]c1=S. The van der Waals surface area contributed by atoms with Gasteiger partial charge in [0.1, 0.15) is 5.82 Å². The van der Waals surface area contributed by atoms with Gasteiger partial charge in [0.15, 0.2) is 4.77 Å². The molecule has 0 unspecified atom stereocenters. The standard InChI is InChI=1S/C11H20N4S/c1-8(2)14(3)6-7-15-10(9-4-5-9)12-13-11(15)16/h8-9H,4-7H2,1-3H3,(H,13,16). The zero-order valence-corrected chi connectivity index (χ0v) is 11.0. The average Bonchev–Trinajstić information content (AvgIpc) is 3.00. The van der Waals surface area contributed by atoms with Crippen LogP contribution in [0.3, 0.4) is 0 Å². The molecular formula is C11H20N4S. The lowest BCUT2D eigenvalue weighted by molar-refractivity contribution is 0.261. The van der Waals surface area contributed by atoms with Gasteiger partial charge in [-0.3, -0.25) is 5.10 Å². The molecule has 1 aliphatic carbocycles. The summed E-state index contributed by atoms with van der Waals surface area (Å²) in [5.41, 5.74) is 0. The Balaban J connectivity index is 2.03. The van der Waals surface area contributed by atoms with Gasteiger partial charge in [-0.25, -0.2) is 0 Å². The third kappa shape index (κ3) is 2.52. The predicted octanol–water partition coefficient (Wildman–Crippen LogP) is 2.16. The van der Waals surface area contributed by atoms with E-state index < -0.39 is 0 Å². The number of hydrogen-bond donors (Lipinski definition) is 1. The molecule has 1 aromatic rings. The second kappa shape index (κ2) is 4.67. The van der Waals surface area contributed by atoms with Gasteiger partial charge in [0.2, 0.25) is 0 Å². The molecule has 5 heteroatoms. The molecule has 0 radical (unpaired) electrons. The number of nitrogens with zero attached hydrogens (tertiary/aromatic N) is 3. The van der Waals surface area contributed by atoms with Crippen LogP contribution < -0.4 is 0 Å². The van der Waals surface area contributed by atoms with Crippen molar-refractivity contribution in [3.8, 4) is 0 Å². The molecule has 1 saturated carbocycles. The van der Waals surface area contributed by atoms with Crippen LogP contribution in [0.5, 0.6) is 0 Å². The second-order valence-electron chi connectivity index (χ2n) is 4.89. The molecule has 1 heterocycles. The molecule has 1 aliphatic rings. The highest BCUT2D eigenvalue weighted by Crippen LogP contribution is 2.38. The Labute approximate surface area is 102 Å². The third-order valence-electron chi connectivity index (χ3n) is 3.29. The molecule has 0 aliphatic heterocycles.